The number of rotatable bonds is 4. The van der Waals surface area contributed by atoms with Crippen molar-refractivity contribution < 1.29 is 8.42 Å². The standard InChI is InChI=1S/C16H15BrN2O2S/c1-2-5-16-18-10-11-19(16)22(20,21)15-9-8-14(17)12-6-3-4-7-13(12)15/h3-4,6-11H,2,5H2,1H3. The zero-order valence-electron chi connectivity index (χ0n) is 12.0. The Morgan fingerprint density at radius 1 is 1.14 bits per heavy atom. The monoisotopic (exact) mass is 378 g/mol. The molecule has 0 saturated heterocycles. The Morgan fingerprint density at radius 2 is 1.86 bits per heavy atom. The van der Waals surface area contributed by atoms with Crippen LogP contribution in [-0.4, -0.2) is 17.4 Å². The highest BCUT2D eigenvalue weighted by atomic mass is 79.9. The van der Waals surface area contributed by atoms with E-state index in [9.17, 15) is 8.42 Å². The van der Waals surface area contributed by atoms with Crippen molar-refractivity contribution in [3.05, 3.63) is 59.1 Å². The molecule has 22 heavy (non-hydrogen) atoms. The molecule has 0 unspecified atom stereocenters. The van der Waals surface area contributed by atoms with E-state index in [1.54, 1.807) is 12.1 Å². The number of imidazole rings is 1. The molecule has 0 radical (unpaired) electrons. The van der Waals surface area contributed by atoms with Gasteiger partial charge in [0.1, 0.15) is 5.82 Å². The highest BCUT2D eigenvalue weighted by Gasteiger charge is 2.22. The van der Waals surface area contributed by atoms with Crippen LogP contribution >= 0.6 is 15.9 Å². The fourth-order valence-corrected chi connectivity index (χ4v) is 4.52. The fraction of sp³-hybridized carbons (Fsp3) is 0.188. The molecular weight excluding hydrogens is 364 g/mol. The Labute approximate surface area is 138 Å². The van der Waals surface area contributed by atoms with Crippen LogP contribution in [0, 0.1) is 0 Å². The van der Waals surface area contributed by atoms with Gasteiger partial charge in [-0.25, -0.2) is 17.4 Å². The van der Waals surface area contributed by atoms with Gasteiger partial charge in [-0.15, -0.1) is 0 Å². The molecular formula is C16H15BrN2O2S. The van der Waals surface area contributed by atoms with Crippen LogP contribution in [0.2, 0.25) is 0 Å². The molecule has 3 aromatic rings. The van der Waals surface area contributed by atoms with E-state index in [-0.39, 0.29) is 0 Å². The third-order valence-corrected chi connectivity index (χ3v) is 5.98. The number of halogens is 1. The summed E-state index contributed by atoms with van der Waals surface area (Å²) in [4.78, 5) is 4.46. The van der Waals surface area contributed by atoms with Crippen LogP contribution in [0.3, 0.4) is 0 Å². The van der Waals surface area contributed by atoms with Crippen LogP contribution < -0.4 is 0 Å². The van der Waals surface area contributed by atoms with Gasteiger partial charge in [-0.1, -0.05) is 47.1 Å². The topological polar surface area (TPSA) is 52.0 Å². The van der Waals surface area contributed by atoms with Crippen LogP contribution in [0.4, 0.5) is 0 Å². The molecule has 0 aliphatic rings. The van der Waals surface area contributed by atoms with Crippen molar-refractivity contribution in [1.29, 1.82) is 0 Å². The quantitative estimate of drug-likeness (QED) is 0.689. The van der Waals surface area contributed by atoms with Gasteiger partial charge in [-0.05, 0) is 23.9 Å². The molecule has 0 aliphatic heterocycles. The maximum atomic E-state index is 13.0. The number of fused-ring (bicyclic) bond motifs is 1. The minimum absolute atomic E-state index is 0.293. The molecule has 0 saturated carbocycles. The van der Waals surface area contributed by atoms with Crippen molar-refractivity contribution in [2.75, 3.05) is 0 Å². The minimum Gasteiger partial charge on any atom is -0.241 e. The van der Waals surface area contributed by atoms with Gasteiger partial charge in [-0.3, -0.25) is 0 Å². The number of nitrogens with zero attached hydrogens (tertiary/aromatic N) is 2. The predicted octanol–water partition coefficient (Wildman–Crippen LogP) is 3.99. The number of aryl methyl sites for hydroxylation is 1. The van der Waals surface area contributed by atoms with Crippen molar-refractivity contribution in [2.24, 2.45) is 0 Å². The van der Waals surface area contributed by atoms with Crippen molar-refractivity contribution in [3.63, 3.8) is 0 Å². The van der Waals surface area contributed by atoms with Crippen LogP contribution in [0.15, 0.2) is 58.2 Å². The van der Waals surface area contributed by atoms with Crippen molar-refractivity contribution in [3.8, 4) is 0 Å². The molecule has 4 nitrogen and oxygen atoms in total. The summed E-state index contributed by atoms with van der Waals surface area (Å²) in [5, 5.41) is 1.58. The molecule has 0 aliphatic carbocycles. The summed E-state index contributed by atoms with van der Waals surface area (Å²) in [5.74, 6) is 0.564. The Balaban J connectivity index is 2.26. The summed E-state index contributed by atoms with van der Waals surface area (Å²) >= 11 is 3.47. The summed E-state index contributed by atoms with van der Waals surface area (Å²) < 4.78 is 28.2. The number of hydrogen-bond acceptors (Lipinski definition) is 3. The Hall–Kier alpha value is -1.66. The van der Waals surface area contributed by atoms with Gasteiger partial charge in [0, 0.05) is 28.7 Å². The summed E-state index contributed by atoms with van der Waals surface area (Å²) in [7, 11) is -3.66. The lowest BCUT2D eigenvalue weighted by Crippen LogP contribution is -2.15. The number of hydrogen-bond donors (Lipinski definition) is 0. The first-order valence-electron chi connectivity index (χ1n) is 7.00. The Kier molecular flexibility index (Phi) is 4.06. The molecule has 0 fully saturated rings. The molecule has 1 aromatic heterocycles. The van der Waals surface area contributed by atoms with E-state index in [1.807, 2.05) is 31.2 Å². The van der Waals surface area contributed by atoms with E-state index in [1.165, 1.54) is 16.4 Å². The zero-order valence-corrected chi connectivity index (χ0v) is 14.4. The van der Waals surface area contributed by atoms with Gasteiger partial charge in [-0.2, -0.15) is 0 Å². The highest BCUT2D eigenvalue weighted by Crippen LogP contribution is 2.30. The van der Waals surface area contributed by atoms with E-state index in [0.29, 0.717) is 22.5 Å². The third-order valence-electron chi connectivity index (χ3n) is 3.52. The van der Waals surface area contributed by atoms with Gasteiger partial charge >= 0.3 is 0 Å². The van der Waals surface area contributed by atoms with Crippen molar-refractivity contribution in [1.82, 2.24) is 8.96 Å². The van der Waals surface area contributed by atoms with Crippen LogP contribution in [-0.2, 0) is 16.4 Å². The molecule has 2 aromatic carbocycles. The molecule has 0 atom stereocenters. The first-order valence-corrected chi connectivity index (χ1v) is 9.24. The van der Waals surface area contributed by atoms with E-state index in [0.717, 1.165) is 16.3 Å². The first-order chi connectivity index (χ1) is 10.6. The van der Waals surface area contributed by atoms with Crippen LogP contribution in [0.25, 0.3) is 10.8 Å². The van der Waals surface area contributed by atoms with E-state index in [4.69, 9.17) is 0 Å². The lowest BCUT2D eigenvalue weighted by molar-refractivity contribution is 0.584. The molecule has 0 bridgehead atoms. The predicted molar refractivity (Wildman–Crippen MR) is 90.5 cm³/mol. The van der Waals surface area contributed by atoms with E-state index >= 15 is 0 Å². The molecule has 0 spiro atoms. The van der Waals surface area contributed by atoms with E-state index in [2.05, 4.69) is 20.9 Å². The van der Waals surface area contributed by atoms with Gasteiger partial charge in [0.15, 0.2) is 0 Å². The van der Waals surface area contributed by atoms with Gasteiger partial charge in [0.05, 0.1) is 4.90 Å². The van der Waals surface area contributed by atoms with Gasteiger partial charge in [0.25, 0.3) is 10.0 Å². The normalized spacial score (nSPS) is 11.9. The second-order valence-corrected chi connectivity index (χ2v) is 7.62. The van der Waals surface area contributed by atoms with Crippen LogP contribution in [0.1, 0.15) is 19.2 Å². The Bertz CT molecular complexity index is 932. The van der Waals surface area contributed by atoms with Crippen molar-refractivity contribution in [2.45, 2.75) is 24.7 Å². The molecule has 3 rings (SSSR count). The molecule has 6 heteroatoms. The third kappa shape index (κ3) is 2.46. The molecule has 1 heterocycles. The maximum absolute atomic E-state index is 13.0. The zero-order chi connectivity index (χ0) is 15.7. The largest absolute Gasteiger partial charge is 0.269 e. The molecule has 114 valence electrons. The summed E-state index contributed by atoms with van der Waals surface area (Å²) in [6.07, 6.45) is 4.51. The van der Waals surface area contributed by atoms with Crippen molar-refractivity contribution >= 4 is 36.7 Å². The summed E-state index contributed by atoms with van der Waals surface area (Å²) in [5.41, 5.74) is 0. The molecule has 0 amide bonds. The number of aromatic nitrogens is 2. The van der Waals surface area contributed by atoms with E-state index < -0.39 is 10.0 Å². The summed E-state index contributed by atoms with van der Waals surface area (Å²) in [6, 6.07) is 10.9. The SMILES string of the molecule is CCCc1nccn1S(=O)(=O)c1ccc(Br)c2ccccc12. The summed E-state index contributed by atoms with van der Waals surface area (Å²) in [6.45, 7) is 2.00. The number of benzene rings is 2. The first kappa shape index (κ1) is 15.2. The lowest BCUT2D eigenvalue weighted by atomic mass is 10.1. The average molecular weight is 379 g/mol. The van der Waals surface area contributed by atoms with Crippen LogP contribution in [0.5, 0.6) is 0 Å². The highest BCUT2D eigenvalue weighted by molar-refractivity contribution is 9.10. The van der Waals surface area contributed by atoms with Gasteiger partial charge < -0.3 is 0 Å². The second-order valence-electron chi connectivity index (χ2n) is 4.99. The maximum Gasteiger partial charge on any atom is 0.269 e. The smallest absolute Gasteiger partial charge is 0.241 e. The Morgan fingerprint density at radius 3 is 2.59 bits per heavy atom. The lowest BCUT2D eigenvalue weighted by Gasteiger charge is -2.12. The average Bonchev–Trinajstić information content (AvgIpc) is 2.97. The fourth-order valence-electron chi connectivity index (χ4n) is 2.51. The second kappa shape index (κ2) is 5.85. The van der Waals surface area contributed by atoms with Gasteiger partial charge in [0.2, 0.25) is 0 Å². The minimum atomic E-state index is -3.66. The molecule has 0 N–H and O–H groups in total.